The van der Waals surface area contributed by atoms with E-state index in [0.29, 0.717) is 18.1 Å². The van der Waals surface area contributed by atoms with E-state index >= 15 is 0 Å². The van der Waals surface area contributed by atoms with Gasteiger partial charge in [-0.15, -0.1) is 0 Å². The molecule has 36 heavy (non-hydrogen) atoms. The van der Waals surface area contributed by atoms with Crippen LogP contribution in [0.3, 0.4) is 0 Å². The Kier molecular flexibility index (Phi) is 7.67. The Balaban J connectivity index is 1.50. The van der Waals surface area contributed by atoms with Gasteiger partial charge in [0.2, 0.25) is 5.95 Å². The third-order valence-corrected chi connectivity index (χ3v) is 9.03. The molecule has 2 aromatic carbocycles. The fourth-order valence-electron chi connectivity index (χ4n) is 4.10. The zero-order valence-corrected chi connectivity index (χ0v) is 21.6. The number of sulfone groups is 1. The molecule has 1 saturated heterocycles. The fraction of sp³-hybridized carbons (Fsp3) is 0.292. The molecule has 0 spiro atoms. The normalized spacial score (nSPS) is 16.7. The molecule has 12 heteroatoms. The number of nitrogen functional groups attached to an aromatic ring is 1. The van der Waals surface area contributed by atoms with Crippen molar-refractivity contribution in [2.75, 3.05) is 30.3 Å². The molecule has 2 atom stereocenters. The quantitative estimate of drug-likeness (QED) is 0.424. The highest BCUT2D eigenvalue weighted by Crippen LogP contribution is 2.32. The number of nitrogens with two attached hydrogens (primary N) is 1. The number of aromatic nitrogens is 2. The first-order chi connectivity index (χ1) is 17.1. The van der Waals surface area contributed by atoms with Crippen molar-refractivity contribution < 1.29 is 17.6 Å². The summed E-state index contributed by atoms with van der Waals surface area (Å²) in [5.41, 5.74) is 6.99. The smallest absolute Gasteiger partial charge is 0.256 e. The van der Waals surface area contributed by atoms with E-state index in [-0.39, 0.29) is 46.1 Å². The van der Waals surface area contributed by atoms with Crippen molar-refractivity contribution in [1.29, 1.82) is 0 Å². The van der Waals surface area contributed by atoms with Crippen molar-refractivity contribution in [2.24, 2.45) is 0 Å². The standard InChI is InChI=1S/C24H24Cl2FN5O3S/c1-14(15-2-4-16(25)5-3-15)11-29-23(33)19-12-30-24(28)31-22(19)32-9-8-18(13-32)36(34,35)21-7-6-17(27)10-20(21)26/h2-7,10,12,14,18H,8-9,11,13H2,1H3,(H,29,33)(H2,28,30,31)/t14?,18-/m0/s1. The molecule has 3 N–H and O–H groups in total. The minimum Gasteiger partial charge on any atom is -0.368 e. The first kappa shape index (κ1) is 26.1. The summed E-state index contributed by atoms with van der Waals surface area (Å²) in [7, 11) is -3.85. The van der Waals surface area contributed by atoms with Gasteiger partial charge in [-0.3, -0.25) is 4.79 Å². The number of carbonyl (C=O) groups excluding carboxylic acids is 1. The Labute approximate surface area is 218 Å². The highest BCUT2D eigenvalue weighted by atomic mass is 35.5. The number of benzene rings is 2. The zero-order chi connectivity index (χ0) is 26.0. The van der Waals surface area contributed by atoms with E-state index in [9.17, 15) is 17.6 Å². The van der Waals surface area contributed by atoms with Gasteiger partial charge in [-0.25, -0.2) is 17.8 Å². The molecule has 1 aliphatic rings. The van der Waals surface area contributed by atoms with Crippen molar-refractivity contribution in [2.45, 2.75) is 29.4 Å². The Hall–Kier alpha value is -2.95. The second-order valence-electron chi connectivity index (χ2n) is 8.60. The highest BCUT2D eigenvalue weighted by molar-refractivity contribution is 7.92. The summed E-state index contributed by atoms with van der Waals surface area (Å²) in [4.78, 5) is 22.8. The van der Waals surface area contributed by atoms with Crippen LogP contribution in [0.25, 0.3) is 0 Å². The van der Waals surface area contributed by atoms with Gasteiger partial charge in [-0.1, -0.05) is 42.3 Å². The van der Waals surface area contributed by atoms with E-state index in [2.05, 4.69) is 15.3 Å². The van der Waals surface area contributed by atoms with Gasteiger partial charge in [0.05, 0.1) is 15.2 Å². The van der Waals surface area contributed by atoms with E-state index in [1.165, 1.54) is 12.3 Å². The molecule has 0 radical (unpaired) electrons. The van der Waals surface area contributed by atoms with Crippen LogP contribution in [0.5, 0.6) is 0 Å². The minimum atomic E-state index is -3.85. The van der Waals surface area contributed by atoms with Gasteiger partial charge in [0.1, 0.15) is 17.2 Å². The first-order valence-corrected chi connectivity index (χ1v) is 13.5. The largest absolute Gasteiger partial charge is 0.368 e. The maximum atomic E-state index is 13.4. The summed E-state index contributed by atoms with van der Waals surface area (Å²) in [6.45, 7) is 2.71. The number of anilines is 2. The van der Waals surface area contributed by atoms with Crippen molar-refractivity contribution in [3.63, 3.8) is 0 Å². The topological polar surface area (TPSA) is 118 Å². The predicted molar refractivity (Wildman–Crippen MR) is 138 cm³/mol. The average molecular weight is 552 g/mol. The molecule has 190 valence electrons. The predicted octanol–water partition coefficient (Wildman–Crippen LogP) is 4.09. The van der Waals surface area contributed by atoms with Crippen LogP contribution in [0.4, 0.5) is 16.2 Å². The van der Waals surface area contributed by atoms with Crippen molar-refractivity contribution >= 4 is 50.7 Å². The van der Waals surface area contributed by atoms with Crippen LogP contribution < -0.4 is 16.0 Å². The zero-order valence-electron chi connectivity index (χ0n) is 19.3. The summed E-state index contributed by atoms with van der Waals surface area (Å²) in [6.07, 6.45) is 1.60. The monoisotopic (exact) mass is 551 g/mol. The summed E-state index contributed by atoms with van der Waals surface area (Å²) < 4.78 is 39.8. The minimum absolute atomic E-state index is 0.0196. The maximum Gasteiger partial charge on any atom is 0.256 e. The van der Waals surface area contributed by atoms with Crippen LogP contribution in [0, 0.1) is 5.82 Å². The molecule has 0 saturated carbocycles. The number of amides is 1. The number of nitrogens with one attached hydrogen (secondary N) is 1. The molecule has 0 bridgehead atoms. The fourth-order valence-corrected chi connectivity index (χ4v) is 6.45. The second-order valence-corrected chi connectivity index (χ2v) is 11.6. The molecule has 1 unspecified atom stereocenters. The van der Waals surface area contributed by atoms with Crippen molar-refractivity contribution in [1.82, 2.24) is 15.3 Å². The Morgan fingerprint density at radius 1 is 1.25 bits per heavy atom. The van der Waals surface area contributed by atoms with Gasteiger partial charge in [-0.05, 0) is 48.2 Å². The lowest BCUT2D eigenvalue weighted by atomic mass is 10.0. The van der Waals surface area contributed by atoms with E-state index in [4.69, 9.17) is 28.9 Å². The van der Waals surface area contributed by atoms with E-state index in [0.717, 1.165) is 17.7 Å². The van der Waals surface area contributed by atoms with Crippen LogP contribution in [-0.4, -0.2) is 49.2 Å². The van der Waals surface area contributed by atoms with Crippen LogP contribution in [0.2, 0.25) is 10.0 Å². The maximum absolute atomic E-state index is 13.4. The Morgan fingerprint density at radius 2 is 1.97 bits per heavy atom. The Morgan fingerprint density at radius 3 is 2.67 bits per heavy atom. The lowest BCUT2D eigenvalue weighted by Gasteiger charge is -2.21. The van der Waals surface area contributed by atoms with Crippen LogP contribution >= 0.6 is 23.2 Å². The summed E-state index contributed by atoms with van der Waals surface area (Å²) >= 11 is 12.0. The first-order valence-electron chi connectivity index (χ1n) is 11.2. The van der Waals surface area contributed by atoms with Gasteiger partial charge in [0, 0.05) is 30.9 Å². The molecule has 8 nitrogen and oxygen atoms in total. The third kappa shape index (κ3) is 5.55. The van der Waals surface area contributed by atoms with Crippen molar-refractivity contribution in [3.8, 4) is 0 Å². The Bertz CT molecular complexity index is 1390. The number of hydrogen-bond acceptors (Lipinski definition) is 7. The summed E-state index contributed by atoms with van der Waals surface area (Å²) in [6, 6.07) is 10.6. The lowest BCUT2D eigenvalue weighted by Crippen LogP contribution is -2.32. The molecule has 2 heterocycles. The van der Waals surface area contributed by atoms with E-state index in [1.54, 1.807) is 17.0 Å². The van der Waals surface area contributed by atoms with Crippen LogP contribution in [0.15, 0.2) is 53.6 Å². The number of rotatable bonds is 7. The molecule has 1 amide bonds. The van der Waals surface area contributed by atoms with Crippen LogP contribution in [0.1, 0.15) is 35.2 Å². The SMILES string of the molecule is CC(CNC(=O)c1cnc(N)nc1N1CC[C@H](S(=O)(=O)c2ccc(F)cc2Cl)C1)c1ccc(Cl)cc1. The van der Waals surface area contributed by atoms with Gasteiger partial charge in [0.25, 0.3) is 5.91 Å². The third-order valence-electron chi connectivity index (χ3n) is 6.12. The van der Waals surface area contributed by atoms with Crippen molar-refractivity contribution in [3.05, 3.63) is 75.7 Å². The highest BCUT2D eigenvalue weighted by Gasteiger charge is 2.37. The lowest BCUT2D eigenvalue weighted by molar-refractivity contribution is 0.0951. The van der Waals surface area contributed by atoms with Gasteiger partial charge >= 0.3 is 0 Å². The molecular weight excluding hydrogens is 528 g/mol. The summed E-state index contributed by atoms with van der Waals surface area (Å²) in [5.74, 6) is -0.791. The van der Waals surface area contributed by atoms with Crippen LogP contribution in [-0.2, 0) is 9.84 Å². The molecular formula is C24H24Cl2FN5O3S. The van der Waals surface area contributed by atoms with Gasteiger partial charge < -0.3 is 16.0 Å². The molecule has 1 aliphatic heterocycles. The number of halogens is 3. The average Bonchev–Trinajstić information content (AvgIpc) is 3.34. The molecule has 1 aromatic heterocycles. The van der Waals surface area contributed by atoms with Gasteiger partial charge in [0.15, 0.2) is 9.84 Å². The summed E-state index contributed by atoms with van der Waals surface area (Å²) in [5, 5.41) is 2.52. The second kappa shape index (κ2) is 10.6. The molecule has 0 aliphatic carbocycles. The van der Waals surface area contributed by atoms with E-state index < -0.39 is 26.8 Å². The molecule has 4 rings (SSSR count). The van der Waals surface area contributed by atoms with Gasteiger partial charge in [-0.2, -0.15) is 4.98 Å². The number of carbonyl (C=O) groups is 1. The molecule has 3 aromatic rings. The number of nitrogens with zero attached hydrogens (tertiary/aromatic N) is 3. The number of hydrogen-bond donors (Lipinski definition) is 2. The van der Waals surface area contributed by atoms with E-state index in [1.807, 2.05) is 19.1 Å². The molecule has 1 fully saturated rings.